The molecule has 1 N–H and O–H groups in total. The molecule has 1 aliphatic carbocycles. The predicted molar refractivity (Wildman–Crippen MR) is 70.3 cm³/mol. The van der Waals surface area contributed by atoms with Crippen molar-refractivity contribution in [3.8, 4) is 0 Å². The second-order valence-electron chi connectivity index (χ2n) is 5.61. The third-order valence-electron chi connectivity index (χ3n) is 3.82. The number of halogens is 4. The summed E-state index contributed by atoms with van der Waals surface area (Å²) >= 11 is 0. The zero-order valence-corrected chi connectivity index (χ0v) is 11.6. The van der Waals surface area contributed by atoms with Gasteiger partial charge >= 0.3 is 6.18 Å². The summed E-state index contributed by atoms with van der Waals surface area (Å²) in [5.41, 5.74) is -1.96. The van der Waals surface area contributed by atoms with Crippen LogP contribution < -0.4 is 5.32 Å². The average molecular weight is 303 g/mol. The second-order valence-corrected chi connectivity index (χ2v) is 5.61. The lowest BCUT2D eigenvalue weighted by molar-refractivity contribution is -0.140. The Kier molecular flexibility index (Phi) is 4.54. The van der Waals surface area contributed by atoms with Gasteiger partial charge in [0.1, 0.15) is 5.82 Å². The molecule has 1 saturated carbocycles. The van der Waals surface area contributed by atoms with E-state index in [1.165, 1.54) is 0 Å². The average Bonchev–Trinajstić information content (AvgIpc) is 2.37. The number of nitrogens with one attached hydrogen (secondary N) is 1. The Morgan fingerprint density at radius 1 is 1.29 bits per heavy atom. The third-order valence-corrected chi connectivity index (χ3v) is 3.82. The molecule has 0 saturated heterocycles. The summed E-state index contributed by atoms with van der Waals surface area (Å²) in [6, 6.07) is 2.65. The SMILES string of the molecule is CC1CCCC(NC(=O)c2cccc(C(F)(F)F)c2F)C1. The Bertz CT molecular complexity index is 527. The molecule has 1 amide bonds. The Hall–Kier alpha value is -1.59. The van der Waals surface area contributed by atoms with Gasteiger partial charge in [-0.05, 0) is 30.9 Å². The highest BCUT2D eigenvalue weighted by molar-refractivity contribution is 5.94. The van der Waals surface area contributed by atoms with Gasteiger partial charge in [-0.1, -0.05) is 25.8 Å². The monoisotopic (exact) mass is 303 g/mol. The lowest BCUT2D eigenvalue weighted by Crippen LogP contribution is -2.38. The molecule has 0 bridgehead atoms. The lowest BCUT2D eigenvalue weighted by atomic mass is 9.87. The molecule has 2 unspecified atom stereocenters. The fourth-order valence-corrected chi connectivity index (χ4v) is 2.75. The number of amides is 1. The van der Waals surface area contributed by atoms with Gasteiger partial charge in [0.05, 0.1) is 11.1 Å². The van der Waals surface area contributed by atoms with E-state index in [0.717, 1.165) is 37.8 Å². The molecule has 1 fully saturated rings. The van der Waals surface area contributed by atoms with Crippen LogP contribution in [0.4, 0.5) is 17.6 Å². The van der Waals surface area contributed by atoms with Gasteiger partial charge < -0.3 is 5.32 Å². The largest absolute Gasteiger partial charge is 0.419 e. The predicted octanol–water partition coefficient (Wildman–Crippen LogP) is 4.15. The van der Waals surface area contributed by atoms with Gasteiger partial charge in [-0.3, -0.25) is 4.79 Å². The standard InChI is InChI=1S/C15H17F4NO/c1-9-4-2-5-10(8-9)20-14(21)11-6-3-7-12(13(11)16)15(17,18)19/h3,6-7,9-10H,2,4-5,8H2,1H3,(H,20,21). The van der Waals surface area contributed by atoms with E-state index in [0.29, 0.717) is 12.0 Å². The maximum Gasteiger partial charge on any atom is 0.419 e. The van der Waals surface area contributed by atoms with Crippen molar-refractivity contribution in [2.75, 3.05) is 0 Å². The Morgan fingerprint density at radius 3 is 2.62 bits per heavy atom. The number of rotatable bonds is 2. The molecule has 2 rings (SSSR count). The van der Waals surface area contributed by atoms with Gasteiger partial charge in [0.25, 0.3) is 5.91 Å². The van der Waals surface area contributed by atoms with Gasteiger partial charge in [-0.25, -0.2) is 4.39 Å². The van der Waals surface area contributed by atoms with Crippen molar-refractivity contribution >= 4 is 5.91 Å². The minimum absolute atomic E-state index is 0.102. The first-order chi connectivity index (χ1) is 9.79. The normalized spacial score (nSPS) is 22.9. The molecule has 1 aromatic carbocycles. The molecule has 116 valence electrons. The van der Waals surface area contributed by atoms with E-state index >= 15 is 0 Å². The van der Waals surface area contributed by atoms with Crippen LogP contribution in [-0.4, -0.2) is 11.9 Å². The molecular formula is C15H17F4NO. The molecule has 2 atom stereocenters. The van der Waals surface area contributed by atoms with Crippen molar-refractivity contribution in [3.05, 3.63) is 35.1 Å². The number of carbonyl (C=O) groups is 1. The molecule has 2 nitrogen and oxygen atoms in total. The van der Waals surface area contributed by atoms with E-state index in [2.05, 4.69) is 12.2 Å². The highest BCUT2D eigenvalue weighted by atomic mass is 19.4. The first-order valence-corrected chi connectivity index (χ1v) is 6.95. The van der Waals surface area contributed by atoms with Crippen LogP contribution in [0, 0.1) is 11.7 Å². The molecule has 0 aromatic heterocycles. The van der Waals surface area contributed by atoms with Gasteiger partial charge in [0.2, 0.25) is 0 Å². The molecule has 0 spiro atoms. The summed E-state index contributed by atoms with van der Waals surface area (Å²) < 4.78 is 51.8. The quantitative estimate of drug-likeness (QED) is 0.817. The van der Waals surface area contributed by atoms with Gasteiger partial charge in [-0.2, -0.15) is 13.2 Å². The Balaban J connectivity index is 2.16. The lowest BCUT2D eigenvalue weighted by Gasteiger charge is -2.27. The van der Waals surface area contributed by atoms with E-state index < -0.39 is 29.0 Å². The molecule has 1 aliphatic rings. The Morgan fingerprint density at radius 2 is 2.00 bits per heavy atom. The van der Waals surface area contributed by atoms with Crippen molar-refractivity contribution in [1.82, 2.24) is 5.32 Å². The number of hydrogen-bond acceptors (Lipinski definition) is 1. The van der Waals surface area contributed by atoms with Crippen LogP contribution >= 0.6 is 0 Å². The van der Waals surface area contributed by atoms with E-state index in [1.807, 2.05) is 0 Å². The maximum atomic E-state index is 13.9. The van der Waals surface area contributed by atoms with Crippen molar-refractivity contribution in [3.63, 3.8) is 0 Å². The number of benzene rings is 1. The van der Waals surface area contributed by atoms with Crippen molar-refractivity contribution in [2.24, 2.45) is 5.92 Å². The molecular weight excluding hydrogens is 286 g/mol. The molecule has 0 aliphatic heterocycles. The minimum Gasteiger partial charge on any atom is -0.349 e. The van der Waals surface area contributed by atoms with Crippen LogP contribution in [0.15, 0.2) is 18.2 Å². The number of alkyl halides is 3. The van der Waals surface area contributed by atoms with Crippen molar-refractivity contribution in [1.29, 1.82) is 0 Å². The zero-order chi connectivity index (χ0) is 15.6. The highest BCUT2D eigenvalue weighted by Crippen LogP contribution is 2.32. The highest BCUT2D eigenvalue weighted by Gasteiger charge is 2.36. The van der Waals surface area contributed by atoms with Crippen LogP contribution in [0.2, 0.25) is 0 Å². The van der Waals surface area contributed by atoms with Crippen molar-refractivity contribution < 1.29 is 22.4 Å². The van der Waals surface area contributed by atoms with Gasteiger partial charge in [0, 0.05) is 6.04 Å². The number of hydrogen-bond donors (Lipinski definition) is 1. The summed E-state index contributed by atoms with van der Waals surface area (Å²) in [5.74, 6) is -1.83. The summed E-state index contributed by atoms with van der Waals surface area (Å²) in [6.45, 7) is 2.06. The molecule has 21 heavy (non-hydrogen) atoms. The summed E-state index contributed by atoms with van der Waals surface area (Å²) in [6.07, 6.45) is -1.23. The van der Waals surface area contributed by atoms with Gasteiger partial charge in [-0.15, -0.1) is 0 Å². The summed E-state index contributed by atoms with van der Waals surface area (Å²) in [7, 11) is 0. The first-order valence-electron chi connectivity index (χ1n) is 6.95. The fourth-order valence-electron chi connectivity index (χ4n) is 2.75. The van der Waals surface area contributed by atoms with Gasteiger partial charge in [0.15, 0.2) is 0 Å². The third kappa shape index (κ3) is 3.74. The number of carbonyl (C=O) groups excluding carboxylic acids is 1. The summed E-state index contributed by atoms with van der Waals surface area (Å²) in [5, 5.41) is 2.64. The second kappa shape index (κ2) is 6.03. The van der Waals surface area contributed by atoms with Crippen LogP contribution in [0.5, 0.6) is 0 Å². The summed E-state index contributed by atoms with van der Waals surface area (Å²) in [4.78, 5) is 12.0. The van der Waals surface area contributed by atoms with Crippen molar-refractivity contribution in [2.45, 2.75) is 44.8 Å². The van der Waals surface area contributed by atoms with E-state index in [4.69, 9.17) is 0 Å². The van der Waals surface area contributed by atoms with E-state index in [1.54, 1.807) is 0 Å². The minimum atomic E-state index is -4.81. The molecule has 6 heteroatoms. The molecule has 0 radical (unpaired) electrons. The van der Waals surface area contributed by atoms with Crippen LogP contribution in [0.1, 0.15) is 48.5 Å². The van der Waals surface area contributed by atoms with Crippen LogP contribution in [-0.2, 0) is 6.18 Å². The smallest absolute Gasteiger partial charge is 0.349 e. The van der Waals surface area contributed by atoms with Crippen LogP contribution in [0.3, 0.4) is 0 Å². The zero-order valence-electron chi connectivity index (χ0n) is 11.6. The maximum absolute atomic E-state index is 13.9. The first kappa shape index (κ1) is 15.8. The Labute approximate surface area is 120 Å². The fraction of sp³-hybridized carbons (Fsp3) is 0.533. The molecule has 0 heterocycles. The van der Waals surface area contributed by atoms with E-state index in [-0.39, 0.29) is 6.04 Å². The molecule has 1 aromatic rings. The van der Waals surface area contributed by atoms with E-state index in [9.17, 15) is 22.4 Å². The van der Waals surface area contributed by atoms with Crippen LogP contribution in [0.25, 0.3) is 0 Å². The topological polar surface area (TPSA) is 29.1 Å².